The fourth-order valence-corrected chi connectivity index (χ4v) is 4.49. The zero-order valence-electron chi connectivity index (χ0n) is 16.8. The summed E-state index contributed by atoms with van der Waals surface area (Å²) >= 11 is 7.51. The molecular weight excluding hydrogens is 434 g/mol. The van der Waals surface area contributed by atoms with Crippen molar-refractivity contribution in [2.24, 2.45) is 0 Å². The van der Waals surface area contributed by atoms with Crippen LogP contribution in [0.5, 0.6) is 0 Å². The quantitative estimate of drug-likeness (QED) is 0.516. The second kappa shape index (κ2) is 9.94. The van der Waals surface area contributed by atoms with Crippen molar-refractivity contribution < 1.29 is 14.3 Å². The molecule has 0 radical (unpaired) electrons. The summed E-state index contributed by atoms with van der Waals surface area (Å²) in [7, 11) is 0. The number of rotatable bonds is 6. The second-order valence-corrected chi connectivity index (χ2v) is 8.57. The Kier molecular flexibility index (Phi) is 6.84. The van der Waals surface area contributed by atoms with Crippen LogP contribution in [0, 0.1) is 0 Å². The molecule has 2 aromatic carbocycles. The Hall–Kier alpha value is -2.90. The van der Waals surface area contributed by atoms with Crippen LogP contribution < -0.4 is 4.90 Å². The molecule has 0 saturated carbocycles. The number of carbonyl (C=O) groups is 2. The normalized spacial score (nSPS) is 15.6. The first-order valence-corrected chi connectivity index (χ1v) is 11.3. The number of carbonyl (C=O) groups excluding carboxylic acids is 2. The fourth-order valence-electron chi connectivity index (χ4n) is 3.63. The molecule has 160 valence electrons. The lowest BCUT2D eigenvalue weighted by molar-refractivity contribution is -0.122. The predicted molar refractivity (Wildman–Crippen MR) is 121 cm³/mol. The van der Waals surface area contributed by atoms with E-state index >= 15 is 0 Å². The highest BCUT2D eigenvalue weighted by atomic mass is 35.5. The van der Waals surface area contributed by atoms with E-state index < -0.39 is 12.1 Å². The van der Waals surface area contributed by atoms with Crippen LogP contribution in [0.15, 0.2) is 66.2 Å². The van der Waals surface area contributed by atoms with Gasteiger partial charge in [0.05, 0.1) is 6.54 Å². The first-order chi connectivity index (χ1) is 15.1. The highest BCUT2D eigenvalue weighted by Gasteiger charge is 2.38. The van der Waals surface area contributed by atoms with Crippen molar-refractivity contribution >= 4 is 40.1 Å². The minimum Gasteiger partial charge on any atom is -0.445 e. The molecule has 0 bridgehead atoms. The number of thiazole rings is 1. The third-order valence-electron chi connectivity index (χ3n) is 5.12. The van der Waals surface area contributed by atoms with Crippen LogP contribution in [-0.4, -0.2) is 34.5 Å². The number of aromatic nitrogens is 1. The van der Waals surface area contributed by atoms with Crippen molar-refractivity contribution in [2.75, 3.05) is 11.4 Å². The van der Waals surface area contributed by atoms with Crippen LogP contribution >= 0.6 is 22.9 Å². The highest BCUT2D eigenvalue weighted by Crippen LogP contribution is 2.27. The van der Waals surface area contributed by atoms with Crippen LogP contribution in [0.2, 0.25) is 5.02 Å². The largest absolute Gasteiger partial charge is 0.445 e. The van der Waals surface area contributed by atoms with Gasteiger partial charge in [0.25, 0.3) is 5.91 Å². The molecule has 6 nitrogen and oxygen atoms in total. The lowest BCUT2D eigenvalue weighted by Crippen LogP contribution is -2.48. The second-order valence-electron chi connectivity index (χ2n) is 7.26. The van der Waals surface area contributed by atoms with Crippen molar-refractivity contribution in [3.8, 4) is 0 Å². The van der Waals surface area contributed by atoms with E-state index in [9.17, 15) is 9.59 Å². The number of amides is 2. The molecule has 0 spiro atoms. The minimum atomic E-state index is -0.577. The smallest absolute Gasteiger partial charge is 0.410 e. The summed E-state index contributed by atoms with van der Waals surface area (Å²) in [6.45, 7) is 0.999. The van der Waals surface area contributed by atoms with Gasteiger partial charge < -0.3 is 4.74 Å². The molecule has 1 aliphatic rings. The molecule has 1 aromatic heterocycles. The van der Waals surface area contributed by atoms with Gasteiger partial charge in [-0.2, -0.15) is 0 Å². The number of hydrogen-bond donors (Lipinski definition) is 0. The van der Waals surface area contributed by atoms with Crippen molar-refractivity contribution in [3.63, 3.8) is 0 Å². The van der Waals surface area contributed by atoms with E-state index in [0.717, 1.165) is 17.5 Å². The number of likely N-dealkylation sites (tertiary alicyclic amines) is 1. The highest BCUT2D eigenvalue weighted by molar-refractivity contribution is 7.13. The third-order valence-corrected chi connectivity index (χ3v) is 6.15. The molecule has 2 amide bonds. The molecule has 31 heavy (non-hydrogen) atoms. The lowest BCUT2D eigenvalue weighted by Gasteiger charge is -2.28. The summed E-state index contributed by atoms with van der Waals surface area (Å²) in [5.41, 5.74) is 1.80. The molecule has 4 rings (SSSR count). The van der Waals surface area contributed by atoms with Crippen molar-refractivity contribution in [1.29, 1.82) is 0 Å². The van der Waals surface area contributed by atoms with Crippen molar-refractivity contribution in [1.82, 2.24) is 9.88 Å². The van der Waals surface area contributed by atoms with E-state index in [4.69, 9.17) is 16.3 Å². The maximum absolute atomic E-state index is 13.5. The average Bonchev–Trinajstić information content (AvgIpc) is 3.48. The fraction of sp³-hybridized carbons (Fsp3) is 0.261. The molecule has 1 aliphatic heterocycles. The zero-order chi connectivity index (χ0) is 21.6. The summed E-state index contributed by atoms with van der Waals surface area (Å²) in [6, 6.07) is 16.3. The van der Waals surface area contributed by atoms with Gasteiger partial charge in [-0.15, -0.1) is 11.3 Å². The molecule has 0 N–H and O–H groups in total. The van der Waals surface area contributed by atoms with Gasteiger partial charge in [0.1, 0.15) is 12.6 Å². The van der Waals surface area contributed by atoms with E-state index in [2.05, 4.69) is 4.98 Å². The van der Waals surface area contributed by atoms with E-state index in [1.165, 1.54) is 16.2 Å². The number of nitrogens with zero attached hydrogens (tertiary/aromatic N) is 3. The van der Waals surface area contributed by atoms with Crippen LogP contribution in [0.1, 0.15) is 24.0 Å². The standard InChI is InChI=1S/C23H22ClN3O3S/c24-19-9-4-8-18(14-19)15-27(22-25-11-13-31-22)21(28)20-10-5-12-26(20)23(29)30-16-17-6-2-1-3-7-17/h1-4,6-9,11,13-14,20H,5,10,12,15-16H2. The van der Waals surface area contributed by atoms with Gasteiger partial charge in [-0.1, -0.05) is 54.1 Å². The van der Waals surface area contributed by atoms with Gasteiger partial charge in [-0.3, -0.25) is 14.6 Å². The molecule has 3 aromatic rings. The maximum Gasteiger partial charge on any atom is 0.410 e. The Morgan fingerprint density at radius 3 is 2.71 bits per heavy atom. The molecule has 8 heteroatoms. The summed E-state index contributed by atoms with van der Waals surface area (Å²) in [5.74, 6) is -0.163. The SMILES string of the molecule is O=C(C1CCCN1C(=O)OCc1ccccc1)N(Cc1cccc(Cl)c1)c1nccs1. The summed E-state index contributed by atoms with van der Waals surface area (Å²) in [5, 5.41) is 3.03. The van der Waals surface area contributed by atoms with Crippen molar-refractivity contribution in [3.05, 3.63) is 82.3 Å². The topological polar surface area (TPSA) is 62.7 Å². The van der Waals surface area contributed by atoms with E-state index in [0.29, 0.717) is 29.7 Å². The van der Waals surface area contributed by atoms with E-state index in [1.807, 2.05) is 53.9 Å². The monoisotopic (exact) mass is 455 g/mol. The Morgan fingerprint density at radius 2 is 1.97 bits per heavy atom. The van der Waals surface area contributed by atoms with Crippen LogP contribution in [0.3, 0.4) is 0 Å². The summed E-state index contributed by atoms with van der Waals surface area (Å²) < 4.78 is 5.48. The van der Waals surface area contributed by atoms with E-state index in [-0.39, 0.29) is 12.5 Å². The van der Waals surface area contributed by atoms with Gasteiger partial charge in [-0.05, 0) is 36.1 Å². The maximum atomic E-state index is 13.5. The molecule has 1 atom stereocenters. The summed E-state index contributed by atoms with van der Waals surface area (Å²) in [6.07, 6.45) is 2.54. The number of anilines is 1. The molecule has 2 heterocycles. The van der Waals surface area contributed by atoms with Gasteiger partial charge >= 0.3 is 6.09 Å². The van der Waals surface area contributed by atoms with Gasteiger partial charge in [0.2, 0.25) is 0 Å². The molecule has 1 unspecified atom stereocenters. The van der Waals surface area contributed by atoms with Gasteiger partial charge in [0.15, 0.2) is 5.13 Å². The third kappa shape index (κ3) is 5.24. The van der Waals surface area contributed by atoms with Crippen LogP contribution in [0.25, 0.3) is 0 Å². The van der Waals surface area contributed by atoms with Crippen LogP contribution in [-0.2, 0) is 22.7 Å². The zero-order valence-corrected chi connectivity index (χ0v) is 18.4. The minimum absolute atomic E-state index is 0.163. The van der Waals surface area contributed by atoms with Crippen LogP contribution in [0.4, 0.5) is 9.93 Å². The Labute approximate surface area is 190 Å². The van der Waals surface area contributed by atoms with Gasteiger partial charge in [0, 0.05) is 23.1 Å². The molecule has 1 fully saturated rings. The van der Waals surface area contributed by atoms with Crippen molar-refractivity contribution in [2.45, 2.75) is 32.0 Å². The molecule has 1 saturated heterocycles. The molecule has 0 aliphatic carbocycles. The predicted octanol–water partition coefficient (Wildman–Crippen LogP) is 5.13. The van der Waals surface area contributed by atoms with E-state index in [1.54, 1.807) is 17.2 Å². The Bertz CT molecular complexity index is 1030. The molecular formula is C23H22ClN3O3S. The Balaban J connectivity index is 1.49. The number of benzene rings is 2. The lowest BCUT2D eigenvalue weighted by atomic mass is 10.1. The first-order valence-electron chi connectivity index (χ1n) is 10.0. The summed E-state index contributed by atoms with van der Waals surface area (Å²) in [4.78, 5) is 33.8. The number of ether oxygens (including phenoxy) is 1. The average molecular weight is 456 g/mol. The van der Waals surface area contributed by atoms with Gasteiger partial charge in [-0.25, -0.2) is 9.78 Å². The number of hydrogen-bond acceptors (Lipinski definition) is 5. The first kappa shape index (κ1) is 21.3. The number of halogens is 1. The Morgan fingerprint density at radius 1 is 1.16 bits per heavy atom.